The van der Waals surface area contributed by atoms with Crippen molar-refractivity contribution in [3.63, 3.8) is 0 Å². The molecule has 1 saturated heterocycles. The summed E-state index contributed by atoms with van der Waals surface area (Å²) in [5, 5.41) is 13.6. The highest BCUT2D eigenvalue weighted by atomic mass is 32.2. The summed E-state index contributed by atoms with van der Waals surface area (Å²) in [5.74, 6) is -0.334. The van der Waals surface area contributed by atoms with Crippen LogP contribution >= 0.6 is 0 Å². The number of benzene rings is 3. The number of nitrogens with zero attached hydrogens (tertiary/aromatic N) is 3. The van der Waals surface area contributed by atoms with Crippen LogP contribution in [0.2, 0.25) is 0 Å². The van der Waals surface area contributed by atoms with Gasteiger partial charge in [-0.25, -0.2) is 17.5 Å². The molecule has 1 atom stereocenters. The summed E-state index contributed by atoms with van der Waals surface area (Å²) in [4.78, 5) is 37.3. The third-order valence-corrected chi connectivity index (χ3v) is 7.92. The van der Waals surface area contributed by atoms with Gasteiger partial charge in [-0.2, -0.15) is 0 Å². The molecule has 2 aliphatic rings. The first-order chi connectivity index (χ1) is 16.8. The van der Waals surface area contributed by atoms with E-state index in [4.69, 9.17) is 0 Å². The van der Waals surface area contributed by atoms with E-state index in [1.165, 1.54) is 41.3 Å². The standard InChI is InChI=1S/C24H20N4O6S/c29-23(17-6-8-19(9-7-17)28(31)32)26-13-12-18-14-20(10-11-22(18)26)35(33,34)27-15-21(25-24(27)30)16-4-2-1-3-5-16/h1-11,14,21H,12-13,15H2,(H,25,30)/t21-/m1/s1. The second-order valence-corrected chi connectivity index (χ2v) is 10.1. The van der Waals surface area contributed by atoms with Crippen LogP contribution in [0.5, 0.6) is 0 Å². The first-order valence-corrected chi connectivity index (χ1v) is 12.3. The van der Waals surface area contributed by atoms with Crippen molar-refractivity contribution in [3.8, 4) is 0 Å². The summed E-state index contributed by atoms with van der Waals surface area (Å²) in [6, 6.07) is 17.8. The van der Waals surface area contributed by atoms with Gasteiger partial charge in [0.2, 0.25) is 0 Å². The number of carbonyl (C=O) groups is 2. The Balaban J connectivity index is 1.37. The third-order valence-electron chi connectivity index (χ3n) is 6.18. The number of rotatable bonds is 5. The van der Waals surface area contributed by atoms with Crippen molar-refractivity contribution < 1.29 is 22.9 Å². The molecule has 0 aliphatic carbocycles. The maximum absolute atomic E-state index is 13.3. The molecule has 3 amide bonds. The van der Waals surface area contributed by atoms with Crippen molar-refractivity contribution in [2.24, 2.45) is 0 Å². The first kappa shape index (κ1) is 22.5. The first-order valence-electron chi connectivity index (χ1n) is 10.8. The van der Waals surface area contributed by atoms with Gasteiger partial charge in [0.15, 0.2) is 0 Å². The summed E-state index contributed by atoms with van der Waals surface area (Å²) in [5.41, 5.74) is 2.23. The molecule has 1 N–H and O–H groups in total. The Kier molecular flexibility index (Phi) is 5.48. The smallest absolute Gasteiger partial charge is 0.328 e. The lowest BCUT2D eigenvalue weighted by molar-refractivity contribution is -0.384. The average Bonchev–Trinajstić information content (AvgIpc) is 3.48. The predicted octanol–water partition coefficient (Wildman–Crippen LogP) is 3.25. The molecule has 2 aliphatic heterocycles. The number of carbonyl (C=O) groups excluding carboxylic acids is 2. The molecule has 5 rings (SSSR count). The van der Waals surface area contributed by atoms with Gasteiger partial charge in [-0.3, -0.25) is 14.9 Å². The van der Waals surface area contributed by atoms with Crippen LogP contribution in [0, 0.1) is 10.1 Å². The number of sulfonamides is 1. The predicted molar refractivity (Wildman–Crippen MR) is 127 cm³/mol. The fourth-order valence-electron chi connectivity index (χ4n) is 4.36. The van der Waals surface area contributed by atoms with E-state index in [-0.39, 0.29) is 23.0 Å². The topological polar surface area (TPSA) is 130 Å². The molecule has 10 nitrogen and oxygen atoms in total. The molecule has 3 aromatic carbocycles. The summed E-state index contributed by atoms with van der Waals surface area (Å²) in [6.07, 6.45) is 0.441. The zero-order chi connectivity index (χ0) is 24.7. The fourth-order valence-corrected chi connectivity index (χ4v) is 5.76. The molecule has 0 radical (unpaired) electrons. The van der Waals surface area contributed by atoms with Gasteiger partial charge >= 0.3 is 6.03 Å². The number of nitro groups is 1. The molecule has 1 fully saturated rings. The Hall–Kier alpha value is -4.25. The molecule has 3 aromatic rings. The normalized spacial score (nSPS) is 17.3. The molecular formula is C24H20N4O6S. The molecular weight excluding hydrogens is 472 g/mol. The van der Waals surface area contributed by atoms with E-state index in [9.17, 15) is 28.1 Å². The molecule has 2 heterocycles. The van der Waals surface area contributed by atoms with Crippen molar-refractivity contribution >= 4 is 33.3 Å². The van der Waals surface area contributed by atoms with Gasteiger partial charge in [-0.05, 0) is 47.9 Å². The number of fused-ring (bicyclic) bond motifs is 1. The van der Waals surface area contributed by atoms with Crippen LogP contribution < -0.4 is 10.2 Å². The molecule has 11 heteroatoms. The quantitative estimate of drug-likeness (QED) is 0.430. The van der Waals surface area contributed by atoms with Crippen LogP contribution in [0.15, 0.2) is 77.7 Å². The van der Waals surface area contributed by atoms with E-state index >= 15 is 0 Å². The highest BCUT2D eigenvalue weighted by Gasteiger charge is 2.39. The van der Waals surface area contributed by atoms with Crippen LogP contribution in [0.3, 0.4) is 0 Å². The molecule has 35 heavy (non-hydrogen) atoms. The lowest BCUT2D eigenvalue weighted by atomic mass is 10.1. The molecule has 0 spiro atoms. The zero-order valence-corrected chi connectivity index (χ0v) is 19.1. The fraction of sp³-hybridized carbons (Fsp3) is 0.167. The van der Waals surface area contributed by atoms with E-state index in [2.05, 4.69) is 5.32 Å². The summed E-state index contributed by atoms with van der Waals surface area (Å²) >= 11 is 0. The van der Waals surface area contributed by atoms with E-state index in [0.29, 0.717) is 29.8 Å². The van der Waals surface area contributed by atoms with Gasteiger partial charge in [-0.1, -0.05) is 30.3 Å². The monoisotopic (exact) mass is 492 g/mol. The van der Waals surface area contributed by atoms with Gasteiger partial charge < -0.3 is 10.2 Å². The lowest BCUT2D eigenvalue weighted by Crippen LogP contribution is -2.34. The Labute approximate surface area is 201 Å². The molecule has 0 unspecified atom stereocenters. The van der Waals surface area contributed by atoms with E-state index in [0.717, 1.165) is 9.87 Å². The van der Waals surface area contributed by atoms with Crippen LogP contribution in [-0.2, 0) is 16.4 Å². The second kappa shape index (κ2) is 8.51. The second-order valence-electron chi connectivity index (χ2n) is 8.25. The van der Waals surface area contributed by atoms with E-state index in [1.54, 1.807) is 6.07 Å². The molecule has 0 aromatic heterocycles. The number of nitrogens with one attached hydrogen (secondary N) is 1. The van der Waals surface area contributed by atoms with Gasteiger partial charge in [-0.15, -0.1) is 0 Å². The highest BCUT2D eigenvalue weighted by Crippen LogP contribution is 2.33. The number of nitro benzene ring substituents is 1. The Morgan fingerprint density at radius 1 is 1.03 bits per heavy atom. The van der Waals surface area contributed by atoms with Gasteiger partial charge in [0, 0.05) is 29.9 Å². The SMILES string of the molecule is O=C(c1ccc([N+](=O)[O-])cc1)N1CCc2cc(S(=O)(=O)N3C[C@H](c4ccccc4)NC3=O)ccc21. The average molecular weight is 493 g/mol. The minimum Gasteiger partial charge on any atom is -0.328 e. The number of urea groups is 1. The van der Waals surface area contributed by atoms with E-state index in [1.807, 2.05) is 30.3 Å². The molecule has 0 bridgehead atoms. The third kappa shape index (κ3) is 3.99. The van der Waals surface area contributed by atoms with Crippen molar-refractivity contribution in [2.45, 2.75) is 17.4 Å². The summed E-state index contributed by atoms with van der Waals surface area (Å²) in [6.45, 7) is 0.321. The maximum Gasteiger partial charge on any atom is 0.331 e. The number of anilines is 1. The lowest BCUT2D eigenvalue weighted by Gasteiger charge is -2.19. The zero-order valence-electron chi connectivity index (χ0n) is 18.3. The largest absolute Gasteiger partial charge is 0.331 e. The van der Waals surface area contributed by atoms with Crippen LogP contribution in [0.1, 0.15) is 27.5 Å². The molecule has 0 saturated carbocycles. The van der Waals surface area contributed by atoms with Crippen molar-refractivity contribution in [1.82, 2.24) is 9.62 Å². The summed E-state index contributed by atoms with van der Waals surface area (Å²) in [7, 11) is -4.10. The molecule has 178 valence electrons. The van der Waals surface area contributed by atoms with E-state index < -0.39 is 27.0 Å². The van der Waals surface area contributed by atoms with Crippen molar-refractivity contribution in [3.05, 3.63) is 99.6 Å². The number of hydrogen-bond donors (Lipinski definition) is 1. The van der Waals surface area contributed by atoms with Gasteiger partial charge in [0.05, 0.1) is 22.4 Å². The number of hydrogen-bond acceptors (Lipinski definition) is 6. The minimum absolute atomic E-state index is 0.0208. The van der Waals surface area contributed by atoms with Gasteiger partial charge in [0.25, 0.3) is 21.6 Å². The van der Waals surface area contributed by atoms with Crippen LogP contribution in [0.4, 0.5) is 16.2 Å². The Morgan fingerprint density at radius 2 is 1.74 bits per heavy atom. The Bertz CT molecular complexity index is 1440. The number of non-ortho nitro benzene ring substituents is 1. The maximum atomic E-state index is 13.3. The minimum atomic E-state index is -4.10. The van der Waals surface area contributed by atoms with Crippen molar-refractivity contribution in [1.29, 1.82) is 0 Å². The highest BCUT2D eigenvalue weighted by molar-refractivity contribution is 7.89. The van der Waals surface area contributed by atoms with Crippen LogP contribution in [-0.4, -0.2) is 42.7 Å². The summed E-state index contributed by atoms with van der Waals surface area (Å²) < 4.78 is 27.4. The van der Waals surface area contributed by atoms with Gasteiger partial charge in [0.1, 0.15) is 0 Å². The van der Waals surface area contributed by atoms with Crippen LogP contribution in [0.25, 0.3) is 0 Å². The Morgan fingerprint density at radius 3 is 2.43 bits per heavy atom. The van der Waals surface area contributed by atoms with Crippen molar-refractivity contribution in [2.75, 3.05) is 18.0 Å². The number of amides is 3.